The topological polar surface area (TPSA) is 12.0 Å². The average Bonchev–Trinajstić information content (AvgIpc) is 2.82. The molecule has 2 aromatic carbocycles. The molecule has 20 heavy (non-hydrogen) atoms. The molecule has 1 aliphatic carbocycles. The van der Waals surface area contributed by atoms with Gasteiger partial charge in [-0.05, 0) is 55.9 Å². The number of fused-ring (bicyclic) bond motifs is 1. The lowest BCUT2D eigenvalue weighted by Gasteiger charge is -2.22. The molecule has 0 aliphatic heterocycles. The van der Waals surface area contributed by atoms with Crippen molar-refractivity contribution in [3.63, 3.8) is 0 Å². The summed E-state index contributed by atoms with van der Waals surface area (Å²) in [4.78, 5) is 0. The quantitative estimate of drug-likeness (QED) is 0.852. The molecule has 0 heterocycles. The fourth-order valence-corrected chi connectivity index (χ4v) is 3.36. The first-order valence-corrected chi connectivity index (χ1v) is 7.56. The molecule has 0 saturated heterocycles. The molecule has 0 aromatic heterocycles. The van der Waals surface area contributed by atoms with Crippen molar-refractivity contribution in [3.05, 3.63) is 70.3 Å². The summed E-state index contributed by atoms with van der Waals surface area (Å²) in [6, 6.07) is 16.4. The van der Waals surface area contributed by atoms with E-state index in [4.69, 9.17) is 0 Å². The second-order valence-corrected chi connectivity index (χ2v) is 6.04. The van der Waals surface area contributed by atoms with Crippen molar-refractivity contribution in [1.29, 1.82) is 0 Å². The fraction of sp³-hybridized carbons (Fsp3) is 0.368. The van der Waals surface area contributed by atoms with E-state index in [2.05, 4.69) is 68.6 Å². The molecule has 1 unspecified atom stereocenters. The Morgan fingerprint density at radius 1 is 1.10 bits per heavy atom. The van der Waals surface area contributed by atoms with Crippen LogP contribution in [-0.4, -0.2) is 0 Å². The Labute approximate surface area is 122 Å². The zero-order chi connectivity index (χ0) is 14.1. The molecule has 0 saturated carbocycles. The van der Waals surface area contributed by atoms with Crippen LogP contribution in [0.1, 0.15) is 53.2 Å². The van der Waals surface area contributed by atoms with Crippen LogP contribution in [0, 0.1) is 13.8 Å². The predicted molar refractivity (Wildman–Crippen MR) is 85.0 cm³/mol. The van der Waals surface area contributed by atoms with E-state index in [1.807, 2.05) is 0 Å². The molecule has 2 atom stereocenters. The van der Waals surface area contributed by atoms with Crippen molar-refractivity contribution in [2.75, 3.05) is 0 Å². The molecular weight excluding hydrogens is 242 g/mol. The van der Waals surface area contributed by atoms with Gasteiger partial charge in [-0.15, -0.1) is 0 Å². The Kier molecular flexibility index (Phi) is 3.62. The first-order chi connectivity index (χ1) is 9.65. The summed E-state index contributed by atoms with van der Waals surface area (Å²) >= 11 is 0. The molecule has 1 heteroatoms. The lowest BCUT2D eigenvalue weighted by Crippen LogP contribution is -2.23. The van der Waals surface area contributed by atoms with Crippen molar-refractivity contribution in [2.45, 2.75) is 45.7 Å². The lowest BCUT2D eigenvalue weighted by atomic mass is 10.00. The van der Waals surface area contributed by atoms with Gasteiger partial charge in [0.2, 0.25) is 0 Å². The van der Waals surface area contributed by atoms with Crippen molar-refractivity contribution in [3.8, 4) is 0 Å². The number of hydrogen-bond donors (Lipinski definition) is 1. The van der Waals surface area contributed by atoms with Crippen LogP contribution < -0.4 is 5.32 Å². The maximum Gasteiger partial charge on any atom is 0.0331 e. The molecule has 0 amide bonds. The molecule has 0 bridgehead atoms. The Hall–Kier alpha value is -1.60. The summed E-state index contributed by atoms with van der Waals surface area (Å²) in [5.74, 6) is 0. The monoisotopic (exact) mass is 265 g/mol. The third-order valence-corrected chi connectivity index (χ3v) is 4.49. The summed E-state index contributed by atoms with van der Waals surface area (Å²) in [7, 11) is 0. The zero-order valence-electron chi connectivity index (χ0n) is 12.6. The summed E-state index contributed by atoms with van der Waals surface area (Å²) < 4.78 is 0. The molecule has 1 N–H and O–H groups in total. The molecule has 0 spiro atoms. The molecule has 0 fully saturated rings. The molecule has 1 aliphatic rings. The normalized spacial score (nSPS) is 18.9. The number of hydrogen-bond acceptors (Lipinski definition) is 1. The first kappa shape index (κ1) is 13.4. The maximum atomic E-state index is 3.82. The summed E-state index contributed by atoms with van der Waals surface area (Å²) in [5.41, 5.74) is 7.17. The van der Waals surface area contributed by atoms with Crippen molar-refractivity contribution < 1.29 is 0 Å². The van der Waals surface area contributed by atoms with Crippen LogP contribution in [0.15, 0.2) is 42.5 Å². The minimum absolute atomic E-state index is 0.396. The number of benzene rings is 2. The number of aryl methyl sites for hydroxylation is 3. The molecule has 3 rings (SSSR count). The standard InChI is InChI=1S/C19H23N/c1-13-8-9-16-10-11-19(18(16)12-13)20-15(3)17-7-5-4-6-14(17)2/h4-9,12,15,19-20H,10-11H2,1-3H3/t15-,19?/m1/s1. The minimum Gasteiger partial charge on any atom is -0.303 e. The van der Waals surface area contributed by atoms with E-state index in [9.17, 15) is 0 Å². The Morgan fingerprint density at radius 3 is 2.70 bits per heavy atom. The minimum atomic E-state index is 0.396. The Balaban J connectivity index is 1.80. The second kappa shape index (κ2) is 5.41. The number of rotatable bonds is 3. The zero-order valence-corrected chi connectivity index (χ0v) is 12.6. The van der Waals surface area contributed by atoms with Crippen LogP contribution >= 0.6 is 0 Å². The smallest absolute Gasteiger partial charge is 0.0331 e. The van der Waals surface area contributed by atoms with E-state index in [1.54, 1.807) is 0 Å². The predicted octanol–water partition coefficient (Wildman–Crippen LogP) is 4.64. The largest absolute Gasteiger partial charge is 0.303 e. The highest BCUT2D eigenvalue weighted by atomic mass is 15.0. The number of nitrogens with one attached hydrogen (secondary N) is 1. The molecular formula is C19H23N. The highest BCUT2D eigenvalue weighted by Gasteiger charge is 2.24. The van der Waals surface area contributed by atoms with Crippen LogP contribution in [0.4, 0.5) is 0 Å². The van der Waals surface area contributed by atoms with Crippen LogP contribution in [0.5, 0.6) is 0 Å². The van der Waals surface area contributed by atoms with Gasteiger partial charge in [-0.1, -0.05) is 48.0 Å². The van der Waals surface area contributed by atoms with Crippen LogP contribution in [0.3, 0.4) is 0 Å². The third kappa shape index (κ3) is 2.51. The molecule has 2 aromatic rings. The van der Waals surface area contributed by atoms with Gasteiger partial charge in [0, 0.05) is 12.1 Å². The van der Waals surface area contributed by atoms with Gasteiger partial charge < -0.3 is 5.32 Å². The Bertz CT molecular complexity index is 615. The molecule has 0 radical (unpaired) electrons. The van der Waals surface area contributed by atoms with Crippen LogP contribution in [0.25, 0.3) is 0 Å². The van der Waals surface area contributed by atoms with Crippen molar-refractivity contribution in [2.24, 2.45) is 0 Å². The van der Waals surface area contributed by atoms with Gasteiger partial charge in [-0.25, -0.2) is 0 Å². The van der Waals surface area contributed by atoms with Gasteiger partial charge in [-0.3, -0.25) is 0 Å². The summed E-state index contributed by atoms with van der Waals surface area (Å²) in [5, 5.41) is 3.82. The van der Waals surface area contributed by atoms with Gasteiger partial charge in [0.05, 0.1) is 0 Å². The van der Waals surface area contributed by atoms with E-state index in [1.165, 1.54) is 40.7 Å². The fourth-order valence-electron chi connectivity index (χ4n) is 3.36. The second-order valence-electron chi connectivity index (χ2n) is 6.04. The maximum absolute atomic E-state index is 3.82. The third-order valence-electron chi connectivity index (χ3n) is 4.49. The van der Waals surface area contributed by atoms with Crippen molar-refractivity contribution in [1.82, 2.24) is 5.32 Å². The van der Waals surface area contributed by atoms with E-state index in [0.717, 1.165) is 0 Å². The molecule has 104 valence electrons. The summed E-state index contributed by atoms with van der Waals surface area (Å²) in [6.45, 7) is 6.65. The highest BCUT2D eigenvalue weighted by molar-refractivity contribution is 5.38. The Morgan fingerprint density at radius 2 is 1.90 bits per heavy atom. The van der Waals surface area contributed by atoms with Gasteiger partial charge in [-0.2, -0.15) is 0 Å². The van der Waals surface area contributed by atoms with Gasteiger partial charge in [0.15, 0.2) is 0 Å². The first-order valence-electron chi connectivity index (χ1n) is 7.56. The van der Waals surface area contributed by atoms with Crippen LogP contribution in [0.2, 0.25) is 0 Å². The van der Waals surface area contributed by atoms with E-state index in [0.29, 0.717) is 12.1 Å². The lowest BCUT2D eigenvalue weighted by molar-refractivity contribution is 0.463. The average molecular weight is 265 g/mol. The van der Waals surface area contributed by atoms with Gasteiger partial charge in [0.25, 0.3) is 0 Å². The highest BCUT2D eigenvalue weighted by Crippen LogP contribution is 2.34. The van der Waals surface area contributed by atoms with Gasteiger partial charge >= 0.3 is 0 Å². The van der Waals surface area contributed by atoms with E-state index >= 15 is 0 Å². The van der Waals surface area contributed by atoms with E-state index in [-0.39, 0.29) is 0 Å². The SMILES string of the molecule is Cc1ccc2c(c1)C(N[C@H](C)c1ccccc1C)CC2. The molecule has 1 nitrogen and oxygen atoms in total. The van der Waals surface area contributed by atoms with Crippen LogP contribution in [-0.2, 0) is 6.42 Å². The van der Waals surface area contributed by atoms with Gasteiger partial charge in [0.1, 0.15) is 0 Å². The van der Waals surface area contributed by atoms with Crippen molar-refractivity contribution >= 4 is 0 Å². The summed E-state index contributed by atoms with van der Waals surface area (Å²) in [6.07, 6.45) is 2.42. The van der Waals surface area contributed by atoms with E-state index < -0.39 is 0 Å².